The molecule has 1 aliphatic rings. The summed E-state index contributed by atoms with van der Waals surface area (Å²) >= 11 is 5.86. The van der Waals surface area contributed by atoms with E-state index in [1.807, 2.05) is 0 Å². The molecular weight excluding hydrogens is 361 g/mol. The molecule has 3 N–H and O–H groups in total. The van der Waals surface area contributed by atoms with Crippen molar-refractivity contribution in [1.29, 1.82) is 0 Å². The van der Waals surface area contributed by atoms with Gasteiger partial charge in [-0.1, -0.05) is 17.7 Å². The van der Waals surface area contributed by atoms with Crippen molar-refractivity contribution in [1.82, 2.24) is 9.97 Å². The number of carbonyl (C=O) groups excluding carboxylic acids is 1. The van der Waals surface area contributed by atoms with Gasteiger partial charge in [-0.05, 0) is 30.7 Å². The maximum atomic E-state index is 13.8. The molecule has 2 aromatic heterocycles. The maximum Gasteiger partial charge on any atom is 0.275 e. The average molecular weight is 378 g/mol. The number of nitrogens with one attached hydrogen (secondary N) is 1. The largest absolute Gasteiger partial charge is 0.385 e. The number of aromatic nitrogens is 2. The first-order chi connectivity index (χ1) is 12.4. The summed E-state index contributed by atoms with van der Waals surface area (Å²) in [6.07, 6.45) is 1.39. The number of pyridine rings is 2. The monoisotopic (exact) mass is 377 g/mol. The number of alkyl halides is 1. The second-order valence-electron chi connectivity index (χ2n) is 5.94. The van der Waals surface area contributed by atoms with Crippen LogP contribution in [0.15, 0.2) is 35.5 Å². The van der Waals surface area contributed by atoms with Crippen LogP contribution >= 0.6 is 11.6 Å². The first-order valence-corrected chi connectivity index (χ1v) is 8.20. The number of aryl methyl sites for hydroxylation is 1. The Balaban J connectivity index is 1.88. The number of rotatable bonds is 4. The number of aliphatic imine (C=N–C) groups is 1. The summed E-state index contributed by atoms with van der Waals surface area (Å²) in [6, 6.07) is 6.50. The van der Waals surface area contributed by atoms with Gasteiger partial charge in [0.15, 0.2) is 5.54 Å². The second kappa shape index (κ2) is 7.35. The fourth-order valence-electron chi connectivity index (χ4n) is 2.65. The zero-order valence-electron chi connectivity index (χ0n) is 14.0. The van der Waals surface area contributed by atoms with Crippen LogP contribution in [0, 0.1) is 6.92 Å². The summed E-state index contributed by atoms with van der Waals surface area (Å²) in [7, 11) is 0. The molecule has 26 heavy (non-hydrogen) atoms. The van der Waals surface area contributed by atoms with Crippen LogP contribution in [0.5, 0.6) is 0 Å². The molecule has 1 atom stereocenters. The molecule has 136 valence electrons. The van der Waals surface area contributed by atoms with Crippen molar-refractivity contribution in [2.24, 2.45) is 10.7 Å². The minimum atomic E-state index is -1.31. The Morgan fingerprint density at radius 3 is 3.00 bits per heavy atom. The zero-order chi connectivity index (χ0) is 18.7. The Kier molecular flexibility index (Phi) is 5.15. The van der Waals surface area contributed by atoms with Gasteiger partial charge >= 0.3 is 0 Å². The fourth-order valence-corrected chi connectivity index (χ4v) is 2.86. The summed E-state index contributed by atoms with van der Waals surface area (Å²) in [4.78, 5) is 25.0. The quantitative estimate of drug-likeness (QED) is 0.850. The molecule has 7 nitrogen and oxygen atoms in total. The molecule has 0 bridgehead atoms. The molecule has 0 spiro atoms. The standard InChI is InChI=1S/C17H17ClFN5O2/c1-10-5-11(18)6-21-15(10)16(25)23-14-4-2-3-12(22-14)17(8-19)9-26-7-13(20)24-17/h2-6H,7-9H2,1H3,(H2,20,24)(H,22,23,25). The van der Waals surface area contributed by atoms with Crippen molar-refractivity contribution >= 4 is 29.2 Å². The molecular formula is C17H17ClFN5O2. The first kappa shape index (κ1) is 18.2. The van der Waals surface area contributed by atoms with E-state index in [-0.39, 0.29) is 30.6 Å². The number of nitrogens with zero attached hydrogens (tertiary/aromatic N) is 3. The molecule has 3 rings (SSSR count). The average Bonchev–Trinajstić information content (AvgIpc) is 2.61. The number of hydrogen-bond donors (Lipinski definition) is 2. The Labute approximate surface area is 154 Å². The van der Waals surface area contributed by atoms with Crippen LogP contribution in [0.1, 0.15) is 21.7 Å². The number of amidine groups is 1. The van der Waals surface area contributed by atoms with Crippen LogP contribution in [-0.4, -0.2) is 41.6 Å². The van der Waals surface area contributed by atoms with Gasteiger partial charge in [-0.3, -0.25) is 9.79 Å². The van der Waals surface area contributed by atoms with E-state index >= 15 is 0 Å². The third-order valence-electron chi connectivity index (χ3n) is 3.90. The Hall–Kier alpha value is -2.58. The number of hydrogen-bond acceptors (Lipinski definition) is 6. The lowest BCUT2D eigenvalue weighted by atomic mass is 9.97. The summed E-state index contributed by atoms with van der Waals surface area (Å²) in [6.45, 7) is 1.08. The van der Waals surface area contributed by atoms with Crippen LogP contribution in [0.2, 0.25) is 5.02 Å². The number of ether oxygens (including phenoxy) is 1. The summed E-state index contributed by atoms with van der Waals surface area (Å²) in [5, 5.41) is 3.09. The summed E-state index contributed by atoms with van der Waals surface area (Å²) in [5.41, 5.74) is 5.56. The summed E-state index contributed by atoms with van der Waals surface area (Å²) < 4.78 is 19.1. The van der Waals surface area contributed by atoms with E-state index in [4.69, 9.17) is 22.1 Å². The van der Waals surface area contributed by atoms with Crippen LogP contribution < -0.4 is 11.1 Å². The molecule has 0 radical (unpaired) electrons. The SMILES string of the molecule is Cc1cc(Cl)cnc1C(=O)Nc1cccc(C2(CF)COCC(N)=N2)n1. The van der Waals surface area contributed by atoms with Gasteiger partial charge in [-0.15, -0.1) is 0 Å². The van der Waals surface area contributed by atoms with Gasteiger partial charge < -0.3 is 15.8 Å². The van der Waals surface area contributed by atoms with Crippen LogP contribution in [-0.2, 0) is 10.3 Å². The molecule has 0 saturated carbocycles. The van der Waals surface area contributed by atoms with E-state index in [0.29, 0.717) is 16.3 Å². The predicted molar refractivity (Wildman–Crippen MR) is 96.3 cm³/mol. The van der Waals surface area contributed by atoms with E-state index in [9.17, 15) is 9.18 Å². The van der Waals surface area contributed by atoms with Crippen molar-refractivity contribution in [2.75, 3.05) is 25.2 Å². The number of carbonyl (C=O) groups is 1. The zero-order valence-corrected chi connectivity index (χ0v) is 14.8. The van der Waals surface area contributed by atoms with Crippen LogP contribution in [0.25, 0.3) is 0 Å². The third-order valence-corrected chi connectivity index (χ3v) is 4.10. The Morgan fingerprint density at radius 1 is 1.50 bits per heavy atom. The highest BCUT2D eigenvalue weighted by molar-refractivity contribution is 6.30. The highest BCUT2D eigenvalue weighted by atomic mass is 35.5. The molecule has 1 amide bonds. The summed E-state index contributed by atoms with van der Waals surface area (Å²) in [5.74, 6) is 0.00275. The minimum absolute atomic E-state index is 0.0203. The maximum absolute atomic E-state index is 13.8. The molecule has 9 heteroatoms. The second-order valence-corrected chi connectivity index (χ2v) is 6.38. The minimum Gasteiger partial charge on any atom is -0.385 e. The van der Waals surface area contributed by atoms with E-state index in [1.165, 1.54) is 6.20 Å². The highest BCUT2D eigenvalue weighted by Crippen LogP contribution is 2.29. The predicted octanol–water partition coefficient (Wildman–Crippen LogP) is 2.24. The fraction of sp³-hybridized carbons (Fsp3) is 0.294. The lowest BCUT2D eigenvalue weighted by molar-refractivity contribution is 0.0807. The van der Waals surface area contributed by atoms with Crippen molar-refractivity contribution in [3.8, 4) is 0 Å². The van der Waals surface area contributed by atoms with E-state index in [1.54, 1.807) is 31.2 Å². The molecule has 0 aromatic carbocycles. The molecule has 2 aromatic rings. The number of halogens is 2. The number of nitrogens with two attached hydrogens (primary N) is 1. The van der Waals surface area contributed by atoms with Gasteiger partial charge in [0.05, 0.1) is 17.3 Å². The number of amides is 1. The van der Waals surface area contributed by atoms with Crippen molar-refractivity contribution < 1.29 is 13.9 Å². The lowest BCUT2D eigenvalue weighted by Crippen LogP contribution is -2.42. The molecule has 1 unspecified atom stereocenters. The molecule has 0 aliphatic carbocycles. The molecule has 0 saturated heterocycles. The van der Waals surface area contributed by atoms with Gasteiger partial charge in [-0.25, -0.2) is 14.4 Å². The van der Waals surface area contributed by atoms with E-state index in [0.717, 1.165) is 0 Å². The molecule has 1 aliphatic heterocycles. The van der Waals surface area contributed by atoms with Crippen LogP contribution in [0.3, 0.4) is 0 Å². The van der Waals surface area contributed by atoms with Crippen molar-refractivity contribution in [3.05, 3.63) is 52.4 Å². The van der Waals surface area contributed by atoms with Gasteiger partial charge in [0.2, 0.25) is 0 Å². The Bertz CT molecular complexity index is 876. The van der Waals surface area contributed by atoms with E-state index < -0.39 is 18.1 Å². The smallest absolute Gasteiger partial charge is 0.275 e. The molecule has 3 heterocycles. The number of anilines is 1. The normalized spacial score (nSPS) is 19.7. The van der Waals surface area contributed by atoms with Crippen LogP contribution in [0.4, 0.5) is 10.2 Å². The van der Waals surface area contributed by atoms with Crippen molar-refractivity contribution in [2.45, 2.75) is 12.5 Å². The van der Waals surface area contributed by atoms with Gasteiger partial charge in [-0.2, -0.15) is 0 Å². The molecule has 0 fully saturated rings. The highest BCUT2D eigenvalue weighted by Gasteiger charge is 2.37. The van der Waals surface area contributed by atoms with Gasteiger partial charge in [0, 0.05) is 6.20 Å². The van der Waals surface area contributed by atoms with Crippen molar-refractivity contribution in [3.63, 3.8) is 0 Å². The van der Waals surface area contributed by atoms with Gasteiger partial charge in [0.25, 0.3) is 5.91 Å². The Morgan fingerprint density at radius 2 is 2.31 bits per heavy atom. The lowest BCUT2D eigenvalue weighted by Gasteiger charge is -2.30. The van der Waals surface area contributed by atoms with E-state index in [2.05, 4.69) is 20.3 Å². The topological polar surface area (TPSA) is 102 Å². The van der Waals surface area contributed by atoms with Gasteiger partial charge in [0.1, 0.15) is 30.6 Å². The third kappa shape index (κ3) is 3.66. The first-order valence-electron chi connectivity index (χ1n) is 7.82.